The fourth-order valence-electron chi connectivity index (χ4n) is 2.34. The predicted octanol–water partition coefficient (Wildman–Crippen LogP) is 4.97. The third-order valence-corrected chi connectivity index (χ3v) is 6.41. The third-order valence-electron chi connectivity index (χ3n) is 3.77. The lowest BCUT2D eigenvalue weighted by molar-refractivity contribution is -0.118. The van der Waals surface area contributed by atoms with Crippen molar-refractivity contribution in [1.29, 1.82) is 0 Å². The van der Waals surface area contributed by atoms with Crippen LogP contribution in [0.1, 0.15) is 0 Å². The number of rotatable bonds is 8. The van der Waals surface area contributed by atoms with Crippen molar-refractivity contribution >= 4 is 63.1 Å². The van der Waals surface area contributed by atoms with Crippen molar-refractivity contribution < 1.29 is 14.3 Å². The van der Waals surface area contributed by atoms with E-state index in [9.17, 15) is 9.59 Å². The largest absolute Gasteiger partial charge is 0.482 e. The molecular formula is C20H17Cl2N3O3S2. The van der Waals surface area contributed by atoms with Gasteiger partial charge in [0.05, 0.1) is 10.8 Å². The zero-order chi connectivity index (χ0) is 21.5. The number of hydrogen-bond donors (Lipinski definition) is 2. The van der Waals surface area contributed by atoms with Gasteiger partial charge in [0, 0.05) is 17.6 Å². The Bertz CT molecular complexity index is 1050. The quantitative estimate of drug-likeness (QED) is 0.443. The van der Waals surface area contributed by atoms with Crippen LogP contribution in [-0.2, 0) is 9.59 Å². The van der Waals surface area contributed by atoms with Crippen LogP contribution in [0.4, 0.5) is 5.00 Å². The second-order valence-corrected chi connectivity index (χ2v) is 8.96. The van der Waals surface area contributed by atoms with Gasteiger partial charge in [0.15, 0.2) is 10.9 Å². The number of benzene rings is 2. The summed E-state index contributed by atoms with van der Waals surface area (Å²) < 4.78 is 6.17. The van der Waals surface area contributed by atoms with Crippen LogP contribution in [0.2, 0.25) is 10.0 Å². The number of aromatic nitrogens is 1. The average Bonchev–Trinajstić information content (AvgIpc) is 3.14. The molecule has 1 heterocycles. The normalized spacial score (nSPS) is 10.5. The number of thiazole rings is 1. The summed E-state index contributed by atoms with van der Waals surface area (Å²) in [5.41, 5.74) is 1.50. The molecule has 0 aliphatic heterocycles. The number of halogens is 2. The topological polar surface area (TPSA) is 80.3 Å². The Labute approximate surface area is 191 Å². The standard InChI is InChI=1S/C20H17Cl2N3O3S2/c1-23-17(27)11-29-20-25-18(12-5-3-2-4-6-12)19(30-20)24-16(26)10-28-15-8-7-13(21)9-14(15)22/h2-9H,10-11H2,1H3,(H,23,27)(H,24,26). The van der Waals surface area contributed by atoms with Crippen molar-refractivity contribution in [1.82, 2.24) is 10.3 Å². The zero-order valence-corrected chi connectivity index (χ0v) is 18.9. The summed E-state index contributed by atoms with van der Waals surface area (Å²) >= 11 is 14.5. The molecule has 0 atom stereocenters. The van der Waals surface area contributed by atoms with Gasteiger partial charge in [-0.25, -0.2) is 4.98 Å². The minimum atomic E-state index is -0.357. The highest BCUT2D eigenvalue weighted by atomic mass is 35.5. The number of nitrogens with one attached hydrogen (secondary N) is 2. The Morgan fingerprint density at radius 2 is 1.90 bits per heavy atom. The minimum absolute atomic E-state index is 0.102. The van der Waals surface area contributed by atoms with Gasteiger partial charge >= 0.3 is 0 Å². The van der Waals surface area contributed by atoms with Crippen LogP contribution in [0, 0.1) is 0 Å². The Hall–Kier alpha value is -2.26. The SMILES string of the molecule is CNC(=O)CSc1nc(-c2ccccc2)c(NC(=O)COc2ccc(Cl)cc2Cl)s1. The molecule has 0 fully saturated rings. The van der Waals surface area contributed by atoms with Gasteiger partial charge < -0.3 is 15.4 Å². The van der Waals surface area contributed by atoms with Crippen LogP contribution in [0.25, 0.3) is 11.3 Å². The molecule has 0 unspecified atom stereocenters. The predicted molar refractivity (Wildman–Crippen MR) is 123 cm³/mol. The molecule has 156 valence electrons. The minimum Gasteiger partial charge on any atom is -0.482 e. The van der Waals surface area contributed by atoms with E-state index in [0.717, 1.165) is 5.56 Å². The van der Waals surface area contributed by atoms with Crippen LogP contribution in [0.15, 0.2) is 52.9 Å². The maximum Gasteiger partial charge on any atom is 0.262 e. The van der Waals surface area contributed by atoms with E-state index >= 15 is 0 Å². The summed E-state index contributed by atoms with van der Waals surface area (Å²) in [6.45, 7) is -0.228. The molecule has 3 aromatic rings. The van der Waals surface area contributed by atoms with Gasteiger partial charge in [-0.15, -0.1) is 0 Å². The second-order valence-electron chi connectivity index (χ2n) is 5.90. The van der Waals surface area contributed by atoms with Crippen molar-refractivity contribution in [2.24, 2.45) is 0 Å². The molecule has 0 bridgehead atoms. The molecule has 2 N–H and O–H groups in total. The van der Waals surface area contributed by atoms with E-state index in [1.807, 2.05) is 30.3 Å². The third kappa shape index (κ3) is 6.12. The number of anilines is 1. The summed E-state index contributed by atoms with van der Waals surface area (Å²) in [5, 5.41) is 6.80. The lowest BCUT2D eigenvalue weighted by Gasteiger charge is -2.09. The smallest absolute Gasteiger partial charge is 0.262 e. The summed E-state index contributed by atoms with van der Waals surface area (Å²) in [7, 11) is 1.58. The highest BCUT2D eigenvalue weighted by Gasteiger charge is 2.17. The zero-order valence-electron chi connectivity index (χ0n) is 15.8. The first-order valence-electron chi connectivity index (χ1n) is 8.73. The summed E-state index contributed by atoms with van der Waals surface area (Å²) in [6.07, 6.45) is 0. The molecule has 0 radical (unpaired) electrons. The number of carbonyl (C=O) groups is 2. The molecule has 1 aromatic heterocycles. The molecule has 0 spiro atoms. The van der Waals surface area contributed by atoms with E-state index in [1.54, 1.807) is 25.2 Å². The van der Waals surface area contributed by atoms with Crippen LogP contribution >= 0.6 is 46.3 Å². The molecular weight excluding hydrogens is 465 g/mol. The first-order chi connectivity index (χ1) is 14.5. The number of nitrogens with zero attached hydrogens (tertiary/aromatic N) is 1. The maximum absolute atomic E-state index is 12.5. The Morgan fingerprint density at radius 3 is 2.60 bits per heavy atom. The van der Waals surface area contributed by atoms with E-state index in [-0.39, 0.29) is 24.2 Å². The second kappa shape index (κ2) is 10.7. The molecule has 6 nitrogen and oxygen atoms in total. The van der Waals surface area contributed by atoms with Crippen LogP contribution in [-0.4, -0.2) is 36.2 Å². The monoisotopic (exact) mass is 481 g/mol. The van der Waals surface area contributed by atoms with Crippen molar-refractivity contribution in [3.8, 4) is 17.0 Å². The van der Waals surface area contributed by atoms with Crippen molar-refractivity contribution in [2.75, 3.05) is 24.7 Å². The van der Waals surface area contributed by atoms with Gasteiger partial charge in [0.2, 0.25) is 5.91 Å². The average molecular weight is 482 g/mol. The van der Waals surface area contributed by atoms with Crippen LogP contribution in [0.3, 0.4) is 0 Å². The molecule has 0 saturated carbocycles. The van der Waals surface area contributed by atoms with E-state index < -0.39 is 0 Å². The Kier molecular flexibility index (Phi) is 7.98. The molecule has 0 aliphatic rings. The molecule has 30 heavy (non-hydrogen) atoms. The molecule has 3 rings (SSSR count). The summed E-state index contributed by atoms with van der Waals surface area (Å²) in [4.78, 5) is 28.6. The summed E-state index contributed by atoms with van der Waals surface area (Å²) in [6, 6.07) is 14.3. The number of hydrogen-bond acceptors (Lipinski definition) is 6. The number of thioether (sulfide) groups is 1. The summed E-state index contributed by atoms with van der Waals surface area (Å²) in [5.74, 6) is 0.148. The van der Waals surface area contributed by atoms with Crippen molar-refractivity contribution in [2.45, 2.75) is 4.34 Å². The van der Waals surface area contributed by atoms with Crippen molar-refractivity contribution in [3.05, 3.63) is 58.6 Å². The van der Waals surface area contributed by atoms with E-state index in [1.165, 1.54) is 23.1 Å². The fraction of sp³-hybridized carbons (Fsp3) is 0.150. The van der Waals surface area contributed by atoms with E-state index in [2.05, 4.69) is 15.6 Å². The molecule has 2 amide bonds. The van der Waals surface area contributed by atoms with Crippen LogP contribution in [0.5, 0.6) is 5.75 Å². The van der Waals surface area contributed by atoms with Gasteiger partial charge in [-0.3, -0.25) is 9.59 Å². The van der Waals surface area contributed by atoms with Gasteiger partial charge in [0.25, 0.3) is 5.91 Å². The molecule has 0 saturated heterocycles. The van der Waals surface area contributed by atoms with E-state index in [0.29, 0.717) is 30.8 Å². The lowest BCUT2D eigenvalue weighted by atomic mass is 10.2. The Morgan fingerprint density at radius 1 is 1.13 bits per heavy atom. The molecule has 10 heteroatoms. The van der Waals surface area contributed by atoms with Crippen LogP contribution < -0.4 is 15.4 Å². The lowest BCUT2D eigenvalue weighted by Crippen LogP contribution is -2.20. The van der Waals surface area contributed by atoms with E-state index in [4.69, 9.17) is 27.9 Å². The first kappa shape index (κ1) is 22.4. The fourth-order valence-corrected chi connectivity index (χ4v) is 4.75. The van der Waals surface area contributed by atoms with Gasteiger partial charge in [0.1, 0.15) is 16.4 Å². The number of carbonyl (C=O) groups excluding carboxylic acids is 2. The highest BCUT2D eigenvalue weighted by molar-refractivity contribution is 8.01. The molecule has 2 aromatic carbocycles. The Balaban J connectivity index is 1.73. The molecule has 0 aliphatic carbocycles. The first-order valence-corrected chi connectivity index (χ1v) is 11.3. The maximum atomic E-state index is 12.5. The number of amides is 2. The number of ether oxygens (including phenoxy) is 1. The van der Waals surface area contributed by atoms with Gasteiger partial charge in [-0.1, -0.05) is 76.6 Å². The van der Waals surface area contributed by atoms with Crippen molar-refractivity contribution in [3.63, 3.8) is 0 Å². The van der Waals surface area contributed by atoms with Gasteiger partial charge in [-0.05, 0) is 18.2 Å². The highest BCUT2D eigenvalue weighted by Crippen LogP contribution is 2.37. The van der Waals surface area contributed by atoms with Gasteiger partial charge in [-0.2, -0.15) is 0 Å².